The minimum Gasteiger partial charge on any atom is -0.461 e. The molecule has 1 fully saturated rings. The summed E-state index contributed by atoms with van der Waals surface area (Å²) in [5.41, 5.74) is 0.721. The number of nitrogens with zero attached hydrogens (tertiary/aromatic N) is 3. The Kier molecular flexibility index (Phi) is 3.83. The van der Waals surface area contributed by atoms with E-state index in [1.165, 1.54) is 10.5 Å². The molecule has 0 spiro atoms. The molecular weight excluding hydrogens is 325 g/mol. The predicted molar refractivity (Wildman–Crippen MR) is 87.4 cm³/mol. The van der Waals surface area contributed by atoms with Crippen molar-refractivity contribution in [2.45, 2.75) is 25.7 Å². The Bertz CT molecular complexity index is 950. The van der Waals surface area contributed by atoms with Gasteiger partial charge < -0.3 is 9.47 Å². The van der Waals surface area contributed by atoms with Crippen LogP contribution >= 0.6 is 0 Å². The van der Waals surface area contributed by atoms with Crippen LogP contribution in [0.3, 0.4) is 0 Å². The molecule has 3 aromatic rings. The Hall–Kier alpha value is -2.96. The van der Waals surface area contributed by atoms with Gasteiger partial charge in [-0.1, -0.05) is 12.1 Å². The minimum absolute atomic E-state index is 0.0241. The van der Waals surface area contributed by atoms with E-state index in [9.17, 15) is 9.18 Å². The molecule has 6 nitrogen and oxygen atoms in total. The maximum Gasteiger partial charge on any atom is 0.361 e. The summed E-state index contributed by atoms with van der Waals surface area (Å²) in [5, 5.41) is 0. The third-order valence-corrected chi connectivity index (χ3v) is 4.06. The molecule has 1 aliphatic rings. The predicted octanol–water partition coefficient (Wildman–Crippen LogP) is 3.71. The number of aromatic nitrogens is 3. The standard InChI is InChI=1S/C18H16FN3O3/c1-2-24-17(23)15-16(21-18-20-9-4-10-22(15)18)25-13-6-3-5-12(14(13)19)11-7-8-11/h3-6,9-11H,2,7-8H2,1H3. The van der Waals surface area contributed by atoms with Gasteiger partial charge in [-0.05, 0) is 43.4 Å². The van der Waals surface area contributed by atoms with Crippen LogP contribution in [0.15, 0.2) is 36.7 Å². The first-order chi connectivity index (χ1) is 12.2. The zero-order valence-electron chi connectivity index (χ0n) is 13.6. The second-order valence-corrected chi connectivity index (χ2v) is 5.81. The molecule has 0 saturated heterocycles. The number of carbonyl (C=O) groups is 1. The van der Waals surface area contributed by atoms with Gasteiger partial charge in [0, 0.05) is 12.4 Å². The summed E-state index contributed by atoms with van der Waals surface area (Å²) in [6.45, 7) is 1.91. The number of hydrogen-bond acceptors (Lipinski definition) is 5. The lowest BCUT2D eigenvalue weighted by Crippen LogP contribution is -2.09. The van der Waals surface area contributed by atoms with Crippen molar-refractivity contribution in [3.8, 4) is 11.6 Å². The highest BCUT2D eigenvalue weighted by atomic mass is 19.1. The SMILES string of the molecule is CCOC(=O)c1c(Oc2cccc(C3CC3)c2F)nc2ncccn12. The lowest BCUT2D eigenvalue weighted by molar-refractivity contribution is 0.0515. The first kappa shape index (κ1) is 15.6. The van der Waals surface area contributed by atoms with Crippen molar-refractivity contribution in [1.82, 2.24) is 14.4 Å². The normalized spacial score (nSPS) is 13.8. The average molecular weight is 341 g/mol. The monoisotopic (exact) mass is 341 g/mol. The first-order valence-electron chi connectivity index (χ1n) is 8.15. The van der Waals surface area contributed by atoms with E-state index in [0.29, 0.717) is 5.56 Å². The fourth-order valence-corrected chi connectivity index (χ4v) is 2.74. The molecule has 1 aliphatic carbocycles. The van der Waals surface area contributed by atoms with E-state index in [1.54, 1.807) is 37.5 Å². The number of hydrogen-bond donors (Lipinski definition) is 0. The largest absolute Gasteiger partial charge is 0.461 e. The highest BCUT2D eigenvalue weighted by Gasteiger charge is 2.29. The smallest absolute Gasteiger partial charge is 0.361 e. The molecule has 4 rings (SSSR count). The molecule has 0 N–H and O–H groups in total. The molecule has 2 heterocycles. The zero-order chi connectivity index (χ0) is 17.4. The van der Waals surface area contributed by atoms with Crippen molar-refractivity contribution < 1.29 is 18.7 Å². The van der Waals surface area contributed by atoms with Crippen LogP contribution in [-0.2, 0) is 4.74 Å². The number of rotatable bonds is 5. The number of halogens is 1. The zero-order valence-corrected chi connectivity index (χ0v) is 13.6. The quantitative estimate of drug-likeness (QED) is 0.662. The van der Waals surface area contributed by atoms with Crippen LogP contribution in [-0.4, -0.2) is 26.9 Å². The highest BCUT2D eigenvalue weighted by molar-refractivity contribution is 5.91. The number of imidazole rings is 1. The summed E-state index contributed by atoms with van der Waals surface area (Å²) in [4.78, 5) is 20.6. The molecule has 0 unspecified atom stereocenters. The van der Waals surface area contributed by atoms with Gasteiger partial charge in [0.25, 0.3) is 5.88 Å². The number of esters is 1. The fourth-order valence-electron chi connectivity index (χ4n) is 2.74. The molecule has 25 heavy (non-hydrogen) atoms. The van der Waals surface area contributed by atoms with E-state index in [2.05, 4.69) is 9.97 Å². The van der Waals surface area contributed by atoms with E-state index < -0.39 is 11.8 Å². The molecule has 1 aromatic carbocycles. The number of carbonyl (C=O) groups excluding carboxylic acids is 1. The van der Waals surface area contributed by atoms with Gasteiger partial charge in [-0.15, -0.1) is 0 Å². The Labute approximate surface area is 143 Å². The van der Waals surface area contributed by atoms with Crippen molar-refractivity contribution in [2.24, 2.45) is 0 Å². The van der Waals surface area contributed by atoms with Crippen LogP contribution in [0.2, 0.25) is 0 Å². The maximum absolute atomic E-state index is 14.7. The second kappa shape index (κ2) is 6.16. The molecule has 1 saturated carbocycles. The van der Waals surface area contributed by atoms with E-state index in [-0.39, 0.29) is 35.6 Å². The molecule has 7 heteroatoms. The van der Waals surface area contributed by atoms with Crippen molar-refractivity contribution >= 4 is 11.7 Å². The second-order valence-electron chi connectivity index (χ2n) is 5.81. The van der Waals surface area contributed by atoms with Gasteiger partial charge in [-0.2, -0.15) is 4.98 Å². The number of fused-ring (bicyclic) bond motifs is 1. The van der Waals surface area contributed by atoms with Crippen LogP contribution in [0.5, 0.6) is 11.6 Å². The number of ether oxygens (including phenoxy) is 2. The molecule has 0 aliphatic heterocycles. The van der Waals surface area contributed by atoms with Gasteiger partial charge in [0.05, 0.1) is 6.61 Å². The lowest BCUT2D eigenvalue weighted by atomic mass is 10.1. The molecule has 2 aromatic heterocycles. The van der Waals surface area contributed by atoms with Crippen LogP contribution in [0.4, 0.5) is 4.39 Å². The van der Waals surface area contributed by atoms with E-state index in [0.717, 1.165) is 12.8 Å². The Balaban J connectivity index is 1.78. The first-order valence-corrected chi connectivity index (χ1v) is 8.15. The fraction of sp³-hybridized carbons (Fsp3) is 0.278. The molecule has 0 radical (unpaired) electrons. The van der Waals surface area contributed by atoms with Crippen molar-refractivity contribution in [3.05, 3.63) is 53.7 Å². The van der Waals surface area contributed by atoms with Gasteiger partial charge in [-0.3, -0.25) is 4.40 Å². The van der Waals surface area contributed by atoms with Gasteiger partial charge in [-0.25, -0.2) is 14.2 Å². The molecular formula is C18H16FN3O3. The Morgan fingerprint density at radius 3 is 2.96 bits per heavy atom. The number of benzene rings is 1. The molecule has 0 amide bonds. The molecule has 128 valence electrons. The van der Waals surface area contributed by atoms with Gasteiger partial charge in [0.2, 0.25) is 5.78 Å². The maximum atomic E-state index is 14.7. The highest BCUT2D eigenvalue weighted by Crippen LogP contribution is 2.43. The lowest BCUT2D eigenvalue weighted by Gasteiger charge is -2.09. The van der Waals surface area contributed by atoms with Crippen LogP contribution in [0, 0.1) is 5.82 Å². The Morgan fingerprint density at radius 1 is 1.36 bits per heavy atom. The summed E-state index contributed by atoms with van der Waals surface area (Å²) < 4.78 is 26.9. The van der Waals surface area contributed by atoms with E-state index >= 15 is 0 Å². The van der Waals surface area contributed by atoms with Crippen LogP contribution < -0.4 is 4.74 Å². The average Bonchev–Trinajstić information content (AvgIpc) is 3.37. The minimum atomic E-state index is -0.600. The third-order valence-electron chi connectivity index (χ3n) is 4.06. The van der Waals surface area contributed by atoms with Crippen molar-refractivity contribution in [2.75, 3.05) is 6.61 Å². The van der Waals surface area contributed by atoms with Gasteiger partial charge in [0.15, 0.2) is 17.3 Å². The molecule has 0 bridgehead atoms. The summed E-state index contributed by atoms with van der Waals surface area (Å²) in [7, 11) is 0. The Morgan fingerprint density at radius 2 is 2.20 bits per heavy atom. The van der Waals surface area contributed by atoms with Crippen molar-refractivity contribution in [1.29, 1.82) is 0 Å². The van der Waals surface area contributed by atoms with E-state index in [1.807, 2.05) is 0 Å². The van der Waals surface area contributed by atoms with Crippen molar-refractivity contribution in [3.63, 3.8) is 0 Å². The van der Waals surface area contributed by atoms with Gasteiger partial charge >= 0.3 is 5.97 Å². The van der Waals surface area contributed by atoms with Crippen LogP contribution in [0.1, 0.15) is 41.7 Å². The van der Waals surface area contributed by atoms with Gasteiger partial charge in [0.1, 0.15) is 0 Å². The van der Waals surface area contributed by atoms with E-state index in [4.69, 9.17) is 9.47 Å². The molecule has 0 atom stereocenters. The summed E-state index contributed by atoms with van der Waals surface area (Å²) >= 11 is 0. The third kappa shape index (κ3) is 2.82. The topological polar surface area (TPSA) is 65.7 Å². The summed E-state index contributed by atoms with van der Waals surface area (Å²) in [6.07, 6.45) is 5.14. The summed E-state index contributed by atoms with van der Waals surface area (Å²) in [5.74, 6) is -0.473. The summed E-state index contributed by atoms with van der Waals surface area (Å²) in [6, 6.07) is 6.69. The van der Waals surface area contributed by atoms with Crippen LogP contribution in [0.25, 0.3) is 5.78 Å².